The number of nitrogens with zero attached hydrogens (tertiary/aromatic N) is 1. The molecule has 140 valence electrons. The number of ether oxygens (including phenoxy) is 2. The summed E-state index contributed by atoms with van der Waals surface area (Å²) in [5, 5.41) is 2.59. The standard InChI is InChI=1S/C17H16BrF3N2O3/c18-13-3-1-4-14(9-13)26-15-6-5-12(10-23-15)16(24)22-7-2-8-25-11-17(19,20)21/h1,3-6,9-10H,2,7-8,11H2,(H,22,24). The predicted molar refractivity (Wildman–Crippen MR) is 92.3 cm³/mol. The number of carbonyl (C=O) groups excluding carboxylic acids is 1. The first-order valence-electron chi connectivity index (χ1n) is 7.66. The number of halogens is 4. The molecule has 5 nitrogen and oxygen atoms in total. The van der Waals surface area contributed by atoms with Gasteiger partial charge in [-0.2, -0.15) is 13.2 Å². The molecule has 0 bridgehead atoms. The van der Waals surface area contributed by atoms with Gasteiger partial charge < -0.3 is 14.8 Å². The van der Waals surface area contributed by atoms with Gasteiger partial charge in [0, 0.05) is 29.9 Å². The highest BCUT2D eigenvalue weighted by atomic mass is 79.9. The quantitative estimate of drug-likeness (QED) is 0.630. The second-order valence-corrected chi connectivity index (χ2v) is 6.14. The van der Waals surface area contributed by atoms with Crippen LogP contribution in [0.5, 0.6) is 11.6 Å². The van der Waals surface area contributed by atoms with E-state index in [0.29, 0.717) is 17.2 Å². The molecule has 2 aromatic rings. The second-order valence-electron chi connectivity index (χ2n) is 5.22. The van der Waals surface area contributed by atoms with Gasteiger partial charge >= 0.3 is 6.18 Å². The molecule has 0 saturated heterocycles. The van der Waals surface area contributed by atoms with Crippen LogP contribution in [0, 0.1) is 0 Å². The van der Waals surface area contributed by atoms with E-state index in [4.69, 9.17) is 4.74 Å². The summed E-state index contributed by atoms with van der Waals surface area (Å²) < 4.78 is 46.6. The highest BCUT2D eigenvalue weighted by molar-refractivity contribution is 9.10. The lowest BCUT2D eigenvalue weighted by Gasteiger charge is -2.09. The number of hydrogen-bond acceptors (Lipinski definition) is 4. The lowest BCUT2D eigenvalue weighted by molar-refractivity contribution is -0.173. The molecule has 0 fully saturated rings. The number of pyridine rings is 1. The van der Waals surface area contributed by atoms with E-state index in [1.54, 1.807) is 24.3 Å². The summed E-state index contributed by atoms with van der Waals surface area (Å²) in [7, 11) is 0. The van der Waals surface area contributed by atoms with Crippen LogP contribution in [-0.4, -0.2) is 36.8 Å². The first-order chi connectivity index (χ1) is 12.3. The van der Waals surface area contributed by atoms with Gasteiger partial charge in [0.15, 0.2) is 0 Å². The van der Waals surface area contributed by atoms with Crippen LogP contribution in [0.4, 0.5) is 13.2 Å². The minimum Gasteiger partial charge on any atom is -0.439 e. The molecule has 0 aliphatic heterocycles. The fourth-order valence-electron chi connectivity index (χ4n) is 1.89. The Morgan fingerprint density at radius 1 is 1.23 bits per heavy atom. The molecule has 0 aliphatic rings. The molecule has 0 radical (unpaired) electrons. The molecule has 26 heavy (non-hydrogen) atoms. The summed E-state index contributed by atoms with van der Waals surface area (Å²) in [6.45, 7) is -1.17. The molecular formula is C17H16BrF3N2O3. The van der Waals surface area contributed by atoms with Crippen molar-refractivity contribution in [3.8, 4) is 11.6 Å². The molecule has 1 aromatic heterocycles. The fourth-order valence-corrected chi connectivity index (χ4v) is 2.27. The summed E-state index contributed by atoms with van der Waals surface area (Å²) >= 11 is 3.34. The van der Waals surface area contributed by atoms with Crippen molar-refractivity contribution in [1.29, 1.82) is 0 Å². The molecule has 9 heteroatoms. The number of amides is 1. The Kier molecular flexibility index (Phi) is 7.40. The minimum absolute atomic E-state index is 0.0859. The zero-order chi connectivity index (χ0) is 19.0. The molecule has 0 unspecified atom stereocenters. The molecule has 0 spiro atoms. The number of rotatable bonds is 8. The molecule has 1 aromatic carbocycles. The Hall–Kier alpha value is -2.13. The van der Waals surface area contributed by atoms with Crippen molar-refractivity contribution in [2.45, 2.75) is 12.6 Å². The topological polar surface area (TPSA) is 60.5 Å². The maximum atomic E-state index is 11.9. The van der Waals surface area contributed by atoms with Gasteiger partial charge in [0.05, 0.1) is 5.56 Å². The largest absolute Gasteiger partial charge is 0.439 e. The van der Waals surface area contributed by atoms with Crippen molar-refractivity contribution >= 4 is 21.8 Å². The number of alkyl halides is 3. The summed E-state index contributed by atoms with van der Waals surface area (Å²) in [5.41, 5.74) is 0.322. The third-order valence-electron chi connectivity index (χ3n) is 3.03. The van der Waals surface area contributed by atoms with Gasteiger partial charge in [0.1, 0.15) is 12.4 Å². The second kappa shape index (κ2) is 9.54. The van der Waals surface area contributed by atoms with E-state index >= 15 is 0 Å². The van der Waals surface area contributed by atoms with Gasteiger partial charge in [-0.15, -0.1) is 0 Å². The van der Waals surface area contributed by atoms with Gasteiger partial charge in [-0.3, -0.25) is 4.79 Å². The normalized spacial score (nSPS) is 11.2. The minimum atomic E-state index is -4.34. The van der Waals surface area contributed by atoms with Gasteiger partial charge in [-0.1, -0.05) is 22.0 Å². The zero-order valence-electron chi connectivity index (χ0n) is 13.6. The van der Waals surface area contributed by atoms with Crippen LogP contribution in [0.25, 0.3) is 0 Å². The van der Waals surface area contributed by atoms with Crippen LogP contribution < -0.4 is 10.1 Å². The van der Waals surface area contributed by atoms with Crippen molar-refractivity contribution in [3.05, 3.63) is 52.6 Å². The van der Waals surface area contributed by atoms with Crippen molar-refractivity contribution in [1.82, 2.24) is 10.3 Å². The number of benzene rings is 1. The number of nitrogens with one attached hydrogen (secondary N) is 1. The Morgan fingerprint density at radius 3 is 2.69 bits per heavy atom. The molecule has 0 aliphatic carbocycles. The number of carbonyl (C=O) groups is 1. The first kappa shape index (κ1) is 20.2. The van der Waals surface area contributed by atoms with Crippen molar-refractivity contribution in [2.24, 2.45) is 0 Å². The van der Waals surface area contributed by atoms with E-state index in [0.717, 1.165) is 4.47 Å². The van der Waals surface area contributed by atoms with Crippen molar-refractivity contribution in [3.63, 3.8) is 0 Å². The van der Waals surface area contributed by atoms with E-state index < -0.39 is 12.8 Å². The van der Waals surface area contributed by atoms with Crippen LogP contribution in [-0.2, 0) is 4.74 Å². The number of hydrogen-bond donors (Lipinski definition) is 1. The van der Waals surface area contributed by atoms with Gasteiger partial charge in [0.25, 0.3) is 5.91 Å². The van der Waals surface area contributed by atoms with E-state index in [9.17, 15) is 18.0 Å². The highest BCUT2D eigenvalue weighted by Crippen LogP contribution is 2.22. The average molecular weight is 433 g/mol. The van der Waals surface area contributed by atoms with Crippen LogP contribution in [0.3, 0.4) is 0 Å². The highest BCUT2D eigenvalue weighted by Gasteiger charge is 2.27. The Labute approximate surface area is 156 Å². The van der Waals surface area contributed by atoms with E-state index in [1.165, 1.54) is 6.20 Å². The fraction of sp³-hybridized carbons (Fsp3) is 0.294. The molecular weight excluding hydrogens is 417 g/mol. The maximum Gasteiger partial charge on any atom is 0.411 e. The third-order valence-corrected chi connectivity index (χ3v) is 3.53. The average Bonchev–Trinajstić information content (AvgIpc) is 2.57. The van der Waals surface area contributed by atoms with Crippen molar-refractivity contribution in [2.75, 3.05) is 19.8 Å². The monoisotopic (exact) mass is 432 g/mol. The SMILES string of the molecule is O=C(NCCCOCC(F)(F)F)c1ccc(Oc2cccc(Br)c2)nc1. The zero-order valence-corrected chi connectivity index (χ0v) is 15.1. The summed E-state index contributed by atoms with van der Waals surface area (Å²) in [4.78, 5) is 16.0. The van der Waals surface area contributed by atoms with Gasteiger partial charge in [0.2, 0.25) is 5.88 Å². The maximum absolute atomic E-state index is 11.9. The molecule has 1 amide bonds. The van der Waals surface area contributed by atoms with Crippen molar-refractivity contribution < 1.29 is 27.4 Å². The molecule has 0 saturated carbocycles. The summed E-state index contributed by atoms with van der Waals surface area (Å²) in [6, 6.07) is 10.3. The van der Waals surface area contributed by atoms with E-state index in [1.807, 2.05) is 12.1 Å². The van der Waals surface area contributed by atoms with Crippen LogP contribution in [0.15, 0.2) is 47.1 Å². The Balaban J connectivity index is 1.74. The third kappa shape index (κ3) is 7.40. The summed E-state index contributed by atoms with van der Waals surface area (Å²) in [6.07, 6.45) is -2.70. The molecule has 0 atom stereocenters. The van der Waals surface area contributed by atoms with E-state index in [2.05, 4.69) is 31.0 Å². The smallest absolute Gasteiger partial charge is 0.411 e. The summed E-state index contributed by atoms with van der Waals surface area (Å²) in [5.74, 6) is 0.561. The van der Waals surface area contributed by atoms with Gasteiger partial charge in [-0.05, 0) is 30.7 Å². The van der Waals surface area contributed by atoms with Gasteiger partial charge in [-0.25, -0.2) is 4.98 Å². The lowest BCUT2D eigenvalue weighted by Crippen LogP contribution is -2.26. The van der Waals surface area contributed by atoms with Crippen LogP contribution in [0.1, 0.15) is 16.8 Å². The number of aromatic nitrogens is 1. The predicted octanol–water partition coefficient (Wildman–Crippen LogP) is 4.34. The Bertz CT molecular complexity index is 724. The van der Waals surface area contributed by atoms with Crippen LogP contribution >= 0.6 is 15.9 Å². The lowest BCUT2D eigenvalue weighted by atomic mass is 10.2. The molecule has 1 N–H and O–H groups in total. The molecule has 2 rings (SSSR count). The first-order valence-corrected chi connectivity index (χ1v) is 8.45. The Morgan fingerprint density at radius 2 is 2.04 bits per heavy atom. The van der Waals surface area contributed by atoms with Crippen LogP contribution in [0.2, 0.25) is 0 Å². The van der Waals surface area contributed by atoms with E-state index in [-0.39, 0.29) is 25.5 Å². The molecule has 1 heterocycles.